The van der Waals surface area contributed by atoms with Crippen LogP contribution in [0.5, 0.6) is 0 Å². The van der Waals surface area contributed by atoms with E-state index >= 15 is 0 Å². The topological polar surface area (TPSA) is 49.4 Å². The minimum atomic E-state index is -0.0847. The average molecular weight is 342 g/mol. The highest BCUT2D eigenvalue weighted by Crippen LogP contribution is 2.25. The first-order valence-corrected chi connectivity index (χ1v) is 9.77. The number of benzene rings is 1. The van der Waals surface area contributed by atoms with Gasteiger partial charge in [-0.05, 0) is 44.6 Å². The molecule has 1 aromatic rings. The maximum atomic E-state index is 12.7. The number of likely N-dealkylation sites (tertiary alicyclic amines) is 1. The zero-order chi connectivity index (χ0) is 17.6. The molecule has 3 rings (SSSR count). The zero-order valence-electron chi connectivity index (χ0n) is 15.2. The Morgan fingerprint density at radius 3 is 2.56 bits per heavy atom. The third kappa shape index (κ3) is 4.83. The van der Waals surface area contributed by atoms with Gasteiger partial charge >= 0.3 is 0 Å². The van der Waals surface area contributed by atoms with Crippen molar-refractivity contribution in [1.29, 1.82) is 0 Å². The van der Waals surface area contributed by atoms with Gasteiger partial charge in [0, 0.05) is 31.0 Å². The summed E-state index contributed by atoms with van der Waals surface area (Å²) in [4.78, 5) is 27.0. The molecule has 2 aliphatic rings. The Balaban J connectivity index is 1.50. The van der Waals surface area contributed by atoms with Gasteiger partial charge < -0.3 is 10.2 Å². The summed E-state index contributed by atoms with van der Waals surface area (Å²) < 4.78 is 0. The highest BCUT2D eigenvalue weighted by atomic mass is 16.2. The molecule has 25 heavy (non-hydrogen) atoms. The Kier molecular flexibility index (Phi) is 6.11. The summed E-state index contributed by atoms with van der Waals surface area (Å²) in [5.74, 6) is 0.480. The maximum Gasteiger partial charge on any atom is 0.224 e. The number of hydrogen-bond donors (Lipinski definition) is 1. The molecule has 1 heterocycles. The van der Waals surface area contributed by atoms with E-state index < -0.39 is 0 Å². The molecule has 0 bridgehead atoms. The fraction of sp³-hybridized carbons (Fsp3) is 0.619. The lowest BCUT2D eigenvalue weighted by atomic mass is 10.0. The van der Waals surface area contributed by atoms with Crippen LogP contribution in [0.1, 0.15) is 57.4 Å². The molecule has 1 saturated carbocycles. The van der Waals surface area contributed by atoms with Crippen molar-refractivity contribution in [3.05, 3.63) is 35.9 Å². The lowest BCUT2D eigenvalue weighted by molar-refractivity contribution is -0.132. The number of carbonyl (C=O) groups excluding carboxylic acids is 2. The Morgan fingerprint density at radius 1 is 1.12 bits per heavy atom. The number of nitrogens with one attached hydrogen (secondary N) is 1. The van der Waals surface area contributed by atoms with Gasteiger partial charge in [0.25, 0.3) is 0 Å². The number of carbonyl (C=O) groups is 2. The molecule has 2 fully saturated rings. The van der Waals surface area contributed by atoms with Gasteiger partial charge in [-0.2, -0.15) is 0 Å². The molecule has 4 nitrogen and oxygen atoms in total. The molecule has 0 aromatic heterocycles. The SMILES string of the molecule is CC(CC(=O)N1CCCC1Cc1ccccc1)NC(=O)C1CCCC1. The zero-order valence-corrected chi connectivity index (χ0v) is 15.2. The van der Waals surface area contributed by atoms with E-state index in [2.05, 4.69) is 29.6 Å². The average Bonchev–Trinajstić information content (AvgIpc) is 3.27. The van der Waals surface area contributed by atoms with Gasteiger partial charge in [0.05, 0.1) is 0 Å². The van der Waals surface area contributed by atoms with Crippen LogP contribution in [0.15, 0.2) is 30.3 Å². The van der Waals surface area contributed by atoms with Gasteiger partial charge in [0.15, 0.2) is 0 Å². The molecule has 1 aliphatic carbocycles. The van der Waals surface area contributed by atoms with Gasteiger partial charge in [-0.15, -0.1) is 0 Å². The van der Waals surface area contributed by atoms with Gasteiger partial charge in [-0.3, -0.25) is 9.59 Å². The molecule has 136 valence electrons. The van der Waals surface area contributed by atoms with E-state index in [-0.39, 0.29) is 23.8 Å². The van der Waals surface area contributed by atoms with Gasteiger partial charge in [-0.25, -0.2) is 0 Å². The van der Waals surface area contributed by atoms with Crippen molar-refractivity contribution in [1.82, 2.24) is 10.2 Å². The minimum Gasteiger partial charge on any atom is -0.353 e. The van der Waals surface area contributed by atoms with Crippen LogP contribution in [-0.2, 0) is 16.0 Å². The molecule has 2 atom stereocenters. The summed E-state index contributed by atoms with van der Waals surface area (Å²) in [6, 6.07) is 10.6. The van der Waals surface area contributed by atoms with E-state index in [1.54, 1.807) is 0 Å². The second-order valence-electron chi connectivity index (χ2n) is 7.67. The maximum absolute atomic E-state index is 12.7. The van der Waals surface area contributed by atoms with Crippen LogP contribution in [0.25, 0.3) is 0 Å². The second kappa shape index (κ2) is 8.50. The Labute approximate surface area is 151 Å². The smallest absolute Gasteiger partial charge is 0.224 e. The van der Waals surface area contributed by atoms with Gasteiger partial charge in [-0.1, -0.05) is 43.2 Å². The van der Waals surface area contributed by atoms with E-state index in [1.807, 2.05) is 17.9 Å². The molecular weight excluding hydrogens is 312 g/mol. The van der Waals surface area contributed by atoms with Crippen molar-refractivity contribution < 1.29 is 9.59 Å². The molecule has 0 radical (unpaired) electrons. The first-order chi connectivity index (χ1) is 12.1. The summed E-state index contributed by atoms with van der Waals surface area (Å²) in [6.07, 6.45) is 7.78. The van der Waals surface area contributed by atoms with Crippen LogP contribution in [0.3, 0.4) is 0 Å². The molecule has 1 saturated heterocycles. The van der Waals surface area contributed by atoms with Crippen LogP contribution in [0.2, 0.25) is 0 Å². The normalized spacial score (nSPS) is 22.1. The van der Waals surface area contributed by atoms with Crippen LogP contribution < -0.4 is 5.32 Å². The predicted molar refractivity (Wildman–Crippen MR) is 99.1 cm³/mol. The molecule has 1 aromatic carbocycles. The van der Waals surface area contributed by atoms with Crippen LogP contribution in [0, 0.1) is 5.92 Å². The summed E-state index contributed by atoms with van der Waals surface area (Å²) in [5, 5.41) is 3.05. The molecule has 2 amide bonds. The van der Waals surface area contributed by atoms with E-state index in [0.29, 0.717) is 12.5 Å². The predicted octanol–water partition coefficient (Wildman–Crippen LogP) is 3.31. The number of amides is 2. The van der Waals surface area contributed by atoms with Crippen molar-refractivity contribution in [3.63, 3.8) is 0 Å². The van der Waals surface area contributed by atoms with E-state index in [1.165, 1.54) is 5.56 Å². The highest BCUT2D eigenvalue weighted by molar-refractivity contribution is 5.81. The largest absolute Gasteiger partial charge is 0.353 e. The monoisotopic (exact) mass is 342 g/mol. The minimum absolute atomic E-state index is 0.0847. The summed E-state index contributed by atoms with van der Waals surface area (Å²) in [5.41, 5.74) is 1.29. The van der Waals surface area contributed by atoms with Crippen molar-refractivity contribution >= 4 is 11.8 Å². The van der Waals surface area contributed by atoms with Crippen LogP contribution in [-0.4, -0.2) is 35.3 Å². The first kappa shape index (κ1) is 18.0. The van der Waals surface area contributed by atoms with E-state index in [4.69, 9.17) is 0 Å². The third-order valence-electron chi connectivity index (χ3n) is 5.61. The van der Waals surface area contributed by atoms with Crippen molar-refractivity contribution in [2.45, 2.75) is 70.4 Å². The Morgan fingerprint density at radius 2 is 1.84 bits per heavy atom. The Hall–Kier alpha value is -1.84. The van der Waals surface area contributed by atoms with Gasteiger partial charge in [0.1, 0.15) is 0 Å². The number of rotatable bonds is 6. The van der Waals surface area contributed by atoms with E-state index in [9.17, 15) is 9.59 Å². The lowest BCUT2D eigenvalue weighted by Gasteiger charge is -2.27. The molecule has 1 aliphatic heterocycles. The highest BCUT2D eigenvalue weighted by Gasteiger charge is 2.30. The Bertz CT molecular complexity index is 581. The second-order valence-corrected chi connectivity index (χ2v) is 7.67. The summed E-state index contributed by atoms with van der Waals surface area (Å²) >= 11 is 0. The quantitative estimate of drug-likeness (QED) is 0.862. The molecular formula is C21H30N2O2. The fourth-order valence-corrected chi connectivity index (χ4v) is 4.24. The fourth-order valence-electron chi connectivity index (χ4n) is 4.24. The van der Waals surface area contributed by atoms with Gasteiger partial charge in [0.2, 0.25) is 11.8 Å². The molecule has 0 spiro atoms. The third-order valence-corrected chi connectivity index (χ3v) is 5.61. The lowest BCUT2D eigenvalue weighted by Crippen LogP contribution is -2.43. The van der Waals surface area contributed by atoms with E-state index in [0.717, 1.165) is 51.5 Å². The van der Waals surface area contributed by atoms with Crippen molar-refractivity contribution in [2.24, 2.45) is 5.92 Å². The van der Waals surface area contributed by atoms with Crippen LogP contribution in [0.4, 0.5) is 0 Å². The first-order valence-electron chi connectivity index (χ1n) is 9.77. The van der Waals surface area contributed by atoms with Crippen LogP contribution >= 0.6 is 0 Å². The summed E-state index contributed by atoms with van der Waals surface area (Å²) in [7, 11) is 0. The number of hydrogen-bond acceptors (Lipinski definition) is 2. The van der Waals surface area contributed by atoms with Crippen molar-refractivity contribution in [3.8, 4) is 0 Å². The molecule has 1 N–H and O–H groups in total. The molecule has 4 heteroatoms. The standard InChI is InChI=1S/C21H30N2O2/c1-16(22-21(25)18-10-5-6-11-18)14-20(24)23-13-7-12-19(23)15-17-8-3-2-4-9-17/h2-4,8-9,16,18-19H,5-7,10-15H2,1H3,(H,22,25). The van der Waals surface area contributed by atoms with Crippen molar-refractivity contribution in [2.75, 3.05) is 6.54 Å². The number of nitrogens with zero attached hydrogens (tertiary/aromatic N) is 1. The summed E-state index contributed by atoms with van der Waals surface area (Å²) in [6.45, 7) is 2.80. The molecule has 2 unspecified atom stereocenters.